The minimum absolute atomic E-state index is 0.454. The van der Waals surface area contributed by atoms with Gasteiger partial charge in [0, 0.05) is 11.1 Å². The summed E-state index contributed by atoms with van der Waals surface area (Å²) in [5.74, 6) is 0. The van der Waals surface area contributed by atoms with E-state index >= 15 is 0 Å². The summed E-state index contributed by atoms with van der Waals surface area (Å²) in [6, 6.07) is 2.20. The molecule has 2 rings (SSSR count). The molecule has 0 spiro atoms. The van der Waals surface area contributed by atoms with Crippen LogP contribution in [-0.2, 0) is 6.18 Å². The molecule has 18 heavy (non-hydrogen) atoms. The van der Waals surface area contributed by atoms with E-state index in [1.54, 1.807) is 13.8 Å². The number of nitrogens with zero attached hydrogens (tertiary/aromatic N) is 2. The SMILES string of the molecule is CC.Cc1ncnc2c(C)cc(C(F)(F)F)cc12. The molecular formula is C13H15F3N2. The van der Waals surface area contributed by atoms with Crippen LogP contribution in [0.4, 0.5) is 13.2 Å². The highest BCUT2D eigenvalue weighted by atomic mass is 19.4. The molecule has 0 aliphatic rings. The zero-order valence-corrected chi connectivity index (χ0v) is 10.8. The number of benzene rings is 1. The van der Waals surface area contributed by atoms with E-state index in [1.807, 2.05) is 13.8 Å². The minimum Gasteiger partial charge on any atom is -0.241 e. The first-order chi connectivity index (χ1) is 8.39. The van der Waals surface area contributed by atoms with Crippen molar-refractivity contribution in [1.82, 2.24) is 9.97 Å². The fraction of sp³-hybridized carbons (Fsp3) is 0.385. The molecule has 0 bridgehead atoms. The molecule has 0 fully saturated rings. The molecule has 0 aliphatic carbocycles. The highest BCUT2D eigenvalue weighted by Crippen LogP contribution is 2.32. The van der Waals surface area contributed by atoms with Crippen LogP contribution in [0.1, 0.15) is 30.7 Å². The van der Waals surface area contributed by atoms with Crippen LogP contribution in [0.25, 0.3) is 10.9 Å². The highest BCUT2D eigenvalue weighted by Gasteiger charge is 2.31. The molecule has 1 heterocycles. The van der Waals surface area contributed by atoms with Gasteiger partial charge in [-0.05, 0) is 31.5 Å². The summed E-state index contributed by atoms with van der Waals surface area (Å²) in [6.07, 6.45) is -2.97. The Morgan fingerprint density at radius 2 is 1.61 bits per heavy atom. The second kappa shape index (κ2) is 5.33. The number of aryl methyl sites for hydroxylation is 2. The van der Waals surface area contributed by atoms with Gasteiger partial charge in [0.05, 0.1) is 11.1 Å². The van der Waals surface area contributed by atoms with Crippen molar-refractivity contribution in [2.45, 2.75) is 33.9 Å². The van der Waals surface area contributed by atoms with Crippen LogP contribution in [0.3, 0.4) is 0 Å². The number of fused-ring (bicyclic) bond motifs is 1. The Labute approximate surface area is 104 Å². The molecule has 0 atom stereocenters. The molecule has 0 radical (unpaired) electrons. The first-order valence-corrected chi connectivity index (χ1v) is 5.69. The predicted octanol–water partition coefficient (Wildman–Crippen LogP) is 4.29. The van der Waals surface area contributed by atoms with Crippen molar-refractivity contribution in [1.29, 1.82) is 0 Å². The van der Waals surface area contributed by atoms with Gasteiger partial charge in [0.1, 0.15) is 6.33 Å². The van der Waals surface area contributed by atoms with Crippen LogP contribution in [0.5, 0.6) is 0 Å². The first-order valence-electron chi connectivity index (χ1n) is 5.69. The molecule has 5 heteroatoms. The molecule has 0 aliphatic heterocycles. The maximum Gasteiger partial charge on any atom is 0.416 e. The maximum absolute atomic E-state index is 12.6. The molecule has 1 aromatic carbocycles. The summed E-state index contributed by atoms with van der Waals surface area (Å²) < 4.78 is 37.8. The second-order valence-corrected chi connectivity index (χ2v) is 3.65. The van der Waals surface area contributed by atoms with Gasteiger partial charge in [0.2, 0.25) is 0 Å². The summed E-state index contributed by atoms with van der Waals surface area (Å²) >= 11 is 0. The van der Waals surface area contributed by atoms with Crippen LogP contribution in [0.2, 0.25) is 0 Å². The monoisotopic (exact) mass is 256 g/mol. The number of hydrogen-bond acceptors (Lipinski definition) is 2. The van der Waals surface area contributed by atoms with Crippen molar-refractivity contribution < 1.29 is 13.2 Å². The third-order valence-electron chi connectivity index (χ3n) is 2.46. The lowest BCUT2D eigenvalue weighted by atomic mass is 10.0. The molecule has 0 N–H and O–H groups in total. The Bertz CT molecular complexity index is 548. The quantitative estimate of drug-likeness (QED) is 0.702. The fourth-order valence-electron chi connectivity index (χ4n) is 1.63. The van der Waals surface area contributed by atoms with Crippen molar-refractivity contribution in [2.75, 3.05) is 0 Å². The summed E-state index contributed by atoms with van der Waals surface area (Å²) in [5, 5.41) is 0.454. The Balaban J connectivity index is 0.000000771. The molecule has 98 valence electrons. The first kappa shape index (κ1) is 14.4. The van der Waals surface area contributed by atoms with Gasteiger partial charge in [0.25, 0.3) is 0 Å². The van der Waals surface area contributed by atoms with Crippen molar-refractivity contribution in [3.63, 3.8) is 0 Å². The number of rotatable bonds is 0. The van der Waals surface area contributed by atoms with E-state index in [9.17, 15) is 13.2 Å². The largest absolute Gasteiger partial charge is 0.416 e. The van der Waals surface area contributed by atoms with Crippen LogP contribution >= 0.6 is 0 Å². The zero-order chi connectivity index (χ0) is 13.9. The smallest absolute Gasteiger partial charge is 0.241 e. The van der Waals surface area contributed by atoms with Gasteiger partial charge in [-0.15, -0.1) is 0 Å². The van der Waals surface area contributed by atoms with E-state index in [2.05, 4.69) is 9.97 Å². The van der Waals surface area contributed by atoms with Crippen LogP contribution < -0.4 is 0 Å². The zero-order valence-electron chi connectivity index (χ0n) is 10.8. The Morgan fingerprint density at radius 1 is 1.00 bits per heavy atom. The van der Waals surface area contributed by atoms with E-state index in [-0.39, 0.29) is 0 Å². The lowest BCUT2D eigenvalue weighted by Crippen LogP contribution is -2.06. The summed E-state index contributed by atoms with van der Waals surface area (Å²) in [5.41, 5.74) is 0.977. The third-order valence-corrected chi connectivity index (χ3v) is 2.46. The second-order valence-electron chi connectivity index (χ2n) is 3.65. The molecule has 1 aromatic heterocycles. The number of aromatic nitrogens is 2. The highest BCUT2D eigenvalue weighted by molar-refractivity contribution is 5.84. The van der Waals surface area contributed by atoms with Gasteiger partial charge in [0.15, 0.2) is 0 Å². The fourth-order valence-corrected chi connectivity index (χ4v) is 1.63. The predicted molar refractivity (Wildman–Crippen MR) is 65.4 cm³/mol. The molecular weight excluding hydrogens is 241 g/mol. The molecule has 2 aromatic rings. The minimum atomic E-state index is -4.33. The van der Waals surface area contributed by atoms with E-state index in [0.717, 1.165) is 12.1 Å². The van der Waals surface area contributed by atoms with Gasteiger partial charge >= 0.3 is 6.18 Å². The van der Waals surface area contributed by atoms with Gasteiger partial charge in [-0.3, -0.25) is 0 Å². The number of hydrogen-bond donors (Lipinski definition) is 0. The third kappa shape index (κ3) is 2.78. The van der Waals surface area contributed by atoms with E-state index in [4.69, 9.17) is 0 Å². The van der Waals surface area contributed by atoms with Crippen LogP contribution in [0, 0.1) is 13.8 Å². The number of alkyl halides is 3. The van der Waals surface area contributed by atoms with Crippen molar-refractivity contribution >= 4 is 10.9 Å². The van der Waals surface area contributed by atoms with E-state index < -0.39 is 11.7 Å². The average Bonchev–Trinajstić information content (AvgIpc) is 2.32. The topological polar surface area (TPSA) is 25.8 Å². The summed E-state index contributed by atoms with van der Waals surface area (Å²) in [7, 11) is 0. The van der Waals surface area contributed by atoms with Crippen molar-refractivity contribution in [2.24, 2.45) is 0 Å². The molecule has 2 nitrogen and oxygen atoms in total. The Morgan fingerprint density at radius 3 is 2.17 bits per heavy atom. The van der Waals surface area contributed by atoms with E-state index in [1.165, 1.54) is 6.33 Å². The van der Waals surface area contributed by atoms with Crippen molar-refractivity contribution in [3.05, 3.63) is 35.3 Å². The molecule has 0 unspecified atom stereocenters. The van der Waals surface area contributed by atoms with Crippen LogP contribution in [-0.4, -0.2) is 9.97 Å². The number of halogens is 3. The lowest BCUT2D eigenvalue weighted by Gasteiger charge is -2.10. The summed E-state index contributed by atoms with van der Waals surface area (Å²) in [6.45, 7) is 7.29. The van der Waals surface area contributed by atoms with Crippen LogP contribution in [0.15, 0.2) is 18.5 Å². The molecule has 0 saturated carbocycles. The van der Waals surface area contributed by atoms with Crippen molar-refractivity contribution in [3.8, 4) is 0 Å². The Hall–Kier alpha value is -1.65. The van der Waals surface area contributed by atoms with Gasteiger partial charge in [-0.2, -0.15) is 13.2 Å². The Kier molecular flexibility index (Phi) is 4.27. The molecule has 0 saturated heterocycles. The lowest BCUT2D eigenvalue weighted by molar-refractivity contribution is -0.137. The molecule has 0 amide bonds. The average molecular weight is 256 g/mol. The van der Waals surface area contributed by atoms with E-state index in [0.29, 0.717) is 22.2 Å². The van der Waals surface area contributed by atoms with Gasteiger partial charge < -0.3 is 0 Å². The normalized spacial score (nSPS) is 11.1. The maximum atomic E-state index is 12.6. The van der Waals surface area contributed by atoms with Gasteiger partial charge in [-0.25, -0.2) is 9.97 Å². The summed E-state index contributed by atoms with van der Waals surface area (Å²) in [4.78, 5) is 7.88. The standard InChI is InChI=1S/C11H9F3N2.C2H6/c1-6-3-8(11(12,13)14)4-9-7(2)15-5-16-10(6)9;1-2/h3-5H,1-2H3;1-2H3. The van der Waals surface area contributed by atoms with Gasteiger partial charge in [-0.1, -0.05) is 13.8 Å².